The van der Waals surface area contributed by atoms with Gasteiger partial charge in [-0.25, -0.2) is 0 Å². The molecule has 3 atom stereocenters. The van der Waals surface area contributed by atoms with E-state index in [0.29, 0.717) is 5.92 Å². The molecule has 2 heterocycles. The number of rotatable bonds is 0. The van der Waals surface area contributed by atoms with Crippen LogP contribution >= 0.6 is 11.6 Å². The highest BCUT2D eigenvalue weighted by Gasteiger charge is 2.44. The maximum Gasteiger partial charge on any atom is 0.131 e. The van der Waals surface area contributed by atoms with Gasteiger partial charge in [-0.05, 0) is 24.7 Å². The lowest BCUT2D eigenvalue weighted by Gasteiger charge is -2.21. The normalized spacial score (nSPS) is 28.0. The van der Waals surface area contributed by atoms with Gasteiger partial charge in [0, 0.05) is 23.9 Å². The quantitative estimate of drug-likeness (QED) is 0.532. The maximum atomic E-state index is 6.67. The molecule has 3 heteroatoms. The van der Waals surface area contributed by atoms with Crippen LogP contribution in [0.3, 0.4) is 0 Å². The highest BCUT2D eigenvalue weighted by atomic mass is 35.5. The van der Waals surface area contributed by atoms with Crippen molar-refractivity contribution in [2.75, 3.05) is 13.6 Å². The van der Waals surface area contributed by atoms with Crippen molar-refractivity contribution in [3.63, 3.8) is 0 Å². The molecule has 0 amide bonds. The Bertz CT molecular complexity index is 657. The summed E-state index contributed by atoms with van der Waals surface area (Å²) in [6.07, 6.45) is 0. The van der Waals surface area contributed by atoms with Crippen LogP contribution in [-0.4, -0.2) is 24.0 Å². The van der Waals surface area contributed by atoms with Crippen LogP contribution in [0.15, 0.2) is 48.5 Å². The highest BCUT2D eigenvalue weighted by Crippen LogP contribution is 2.52. The van der Waals surface area contributed by atoms with Crippen molar-refractivity contribution in [1.82, 2.24) is 4.90 Å². The number of hydrogen-bond donors (Lipinski definition) is 0. The summed E-state index contributed by atoms with van der Waals surface area (Å²) in [5.74, 6) is 2.57. The zero-order chi connectivity index (χ0) is 13.7. The third-order valence-corrected chi connectivity index (χ3v) is 5.06. The fraction of sp³-hybridized carbons (Fsp3) is 0.294. The van der Waals surface area contributed by atoms with E-state index in [1.807, 2.05) is 18.2 Å². The van der Waals surface area contributed by atoms with E-state index in [1.165, 1.54) is 11.1 Å². The minimum absolute atomic E-state index is 0.0101. The molecule has 0 N–H and O–H groups in total. The largest absolute Gasteiger partial charge is 0.457 e. The minimum atomic E-state index is 0.0101. The second kappa shape index (κ2) is 4.51. The summed E-state index contributed by atoms with van der Waals surface area (Å²) >= 11 is 6.67. The molecule has 0 bridgehead atoms. The van der Waals surface area contributed by atoms with Gasteiger partial charge in [0.1, 0.15) is 11.5 Å². The second-order valence-electron chi connectivity index (χ2n) is 5.62. The summed E-state index contributed by atoms with van der Waals surface area (Å²) in [6.45, 7) is 0.966. The van der Waals surface area contributed by atoms with Crippen LogP contribution in [-0.2, 0) is 0 Å². The molecule has 4 rings (SSSR count). The summed E-state index contributed by atoms with van der Waals surface area (Å²) in [4.78, 5) is 2.23. The molecular weight excluding hydrogens is 270 g/mol. The van der Waals surface area contributed by atoms with Gasteiger partial charge >= 0.3 is 0 Å². The standard InChI is InChI=1S/C17H16ClNO/c1-19-10-13-11-6-2-4-8-14(11)20-15-9-5-3-7-12(15)16(13)17(19)18/h2-9,13,16-17H,10H2,1H3. The molecule has 1 fully saturated rings. The number of para-hydroxylation sites is 2. The Balaban J connectivity index is 1.96. The number of alkyl halides is 1. The highest BCUT2D eigenvalue weighted by molar-refractivity contribution is 6.21. The van der Waals surface area contributed by atoms with Crippen LogP contribution in [0.5, 0.6) is 11.5 Å². The molecule has 2 aliphatic heterocycles. The topological polar surface area (TPSA) is 12.5 Å². The second-order valence-corrected chi connectivity index (χ2v) is 6.07. The smallest absolute Gasteiger partial charge is 0.131 e. The lowest BCUT2D eigenvalue weighted by Crippen LogP contribution is -2.22. The van der Waals surface area contributed by atoms with Gasteiger partial charge in [0.15, 0.2) is 0 Å². The lowest BCUT2D eigenvalue weighted by atomic mass is 9.84. The van der Waals surface area contributed by atoms with Gasteiger partial charge in [0.2, 0.25) is 0 Å². The van der Waals surface area contributed by atoms with Gasteiger partial charge in [-0.15, -0.1) is 11.6 Å². The van der Waals surface area contributed by atoms with Gasteiger partial charge in [0.05, 0.1) is 5.50 Å². The van der Waals surface area contributed by atoms with E-state index in [1.54, 1.807) is 0 Å². The van der Waals surface area contributed by atoms with Crippen molar-refractivity contribution in [2.24, 2.45) is 0 Å². The van der Waals surface area contributed by atoms with Crippen LogP contribution < -0.4 is 4.74 Å². The molecule has 2 aromatic rings. The first-order valence-electron chi connectivity index (χ1n) is 6.96. The predicted octanol–water partition coefficient (Wildman–Crippen LogP) is 4.17. The summed E-state index contributed by atoms with van der Waals surface area (Å²) in [5, 5.41) is 0. The summed E-state index contributed by atoms with van der Waals surface area (Å²) in [7, 11) is 2.10. The zero-order valence-corrected chi connectivity index (χ0v) is 12.0. The van der Waals surface area contributed by atoms with E-state index in [9.17, 15) is 0 Å². The zero-order valence-electron chi connectivity index (χ0n) is 11.3. The average molecular weight is 286 g/mol. The van der Waals surface area contributed by atoms with Crippen LogP contribution in [0.2, 0.25) is 0 Å². The van der Waals surface area contributed by atoms with Crippen LogP contribution in [0.4, 0.5) is 0 Å². The Morgan fingerprint density at radius 3 is 2.35 bits per heavy atom. The summed E-state index contributed by atoms with van der Waals surface area (Å²) in [6, 6.07) is 16.6. The summed E-state index contributed by atoms with van der Waals surface area (Å²) in [5.41, 5.74) is 2.50. The van der Waals surface area contributed by atoms with Crippen molar-refractivity contribution in [3.05, 3.63) is 59.7 Å². The molecular formula is C17H16ClNO. The van der Waals surface area contributed by atoms with Crippen molar-refractivity contribution in [1.29, 1.82) is 0 Å². The number of benzene rings is 2. The van der Waals surface area contributed by atoms with E-state index < -0.39 is 0 Å². The fourth-order valence-electron chi connectivity index (χ4n) is 3.49. The molecule has 0 aromatic heterocycles. The van der Waals surface area contributed by atoms with E-state index in [-0.39, 0.29) is 11.4 Å². The molecule has 20 heavy (non-hydrogen) atoms. The Morgan fingerprint density at radius 1 is 1.00 bits per heavy atom. The minimum Gasteiger partial charge on any atom is -0.457 e. The first-order chi connectivity index (χ1) is 9.75. The molecule has 1 saturated heterocycles. The number of halogens is 1. The maximum absolute atomic E-state index is 6.67. The molecule has 0 saturated carbocycles. The number of fused-ring (bicyclic) bond motifs is 5. The van der Waals surface area contributed by atoms with Crippen molar-refractivity contribution in [3.8, 4) is 11.5 Å². The molecule has 2 aliphatic rings. The van der Waals surface area contributed by atoms with E-state index in [2.05, 4.69) is 42.3 Å². The van der Waals surface area contributed by atoms with Gasteiger partial charge < -0.3 is 4.74 Å². The van der Waals surface area contributed by atoms with Crippen molar-refractivity contribution < 1.29 is 4.74 Å². The molecule has 2 nitrogen and oxygen atoms in total. The Labute approximate surface area is 123 Å². The van der Waals surface area contributed by atoms with Crippen molar-refractivity contribution >= 4 is 11.6 Å². The summed E-state index contributed by atoms with van der Waals surface area (Å²) < 4.78 is 6.15. The SMILES string of the molecule is CN1CC2c3ccccc3Oc3ccccc3C2C1Cl. The van der Waals surface area contributed by atoms with E-state index >= 15 is 0 Å². The number of ether oxygens (including phenoxy) is 1. The Hall–Kier alpha value is -1.51. The third-order valence-electron chi connectivity index (χ3n) is 4.45. The number of likely N-dealkylation sites (N-methyl/N-ethyl adjacent to an activating group) is 1. The van der Waals surface area contributed by atoms with Gasteiger partial charge in [-0.2, -0.15) is 0 Å². The number of nitrogens with zero attached hydrogens (tertiary/aromatic N) is 1. The lowest BCUT2D eigenvalue weighted by molar-refractivity contribution is 0.370. The first kappa shape index (κ1) is 12.2. The van der Waals surface area contributed by atoms with E-state index in [4.69, 9.17) is 16.3 Å². The molecule has 2 aromatic carbocycles. The van der Waals surface area contributed by atoms with Gasteiger partial charge in [-0.3, -0.25) is 4.90 Å². The molecule has 0 aliphatic carbocycles. The van der Waals surface area contributed by atoms with Crippen LogP contribution in [0.1, 0.15) is 23.0 Å². The molecule has 0 spiro atoms. The fourth-order valence-corrected chi connectivity index (χ4v) is 3.89. The average Bonchev–Trinajstić information content (AvgIpc) is 2.68. The Morgan fingerprint density at radius 2 is 1.60 bits per heavy atom. The first-order valence-corrected chi connectivity index (χ1v) is 7.39. The van der Waals surface area contributed by atoms with Crippen LogP contribution in [0.25, 0.3) is 0 Å². The monoisotopic (exact) mass is 285 g/mol. The van der Waals surface area contributed by atoms with Crippen LogP contribution in [0, 0.1) is 0 Å². The molecule has 0 radical (unpaired) electrons. The van der Waals surface area contributed by atoms with E-state index in [0.717, 1.165) is 18.0 Å². The Kier molecular flexibility index (Phi) is 2.76. The van der Waals surface area contributed by atoms with Gasteiger partial charge in [-0.1, -0.05) is 36.4 Å². The predicted molar refractivity (Wildman–Crippen MR) is 80.7 cm³/mol. The number of likely N-dealkylation sites (tertiary alicyclic amines) is 1. The molecule has 3 unspecified atom stereocenters. The molecule has 102 valence electrons. The van der Waals surface area contributed by atoms with Gasteiger partial charge in [0.25, 0.3) is 0 Å². The van der Waals surface area contributed by atoms with Crippen molar-refractivity contribution in [2.45, 2.75) is 17.3 Å². The third kappa shape index (κ3) is 1.68. The number of hydrogen-bond acceptors (Lipinski definition) is 2.